The fourth-order valence-electron chi connectivity index (χ4n) is 0.773. The zero-order chi connectivity index (χ0) is 9.73. The monoisotopic (exact) mass is 189 g/mol. The molecule has 1 nitrogen and oxygen atoms in total. The smallest absolute Gasteiger partial charge is 0.400 e. The predicted octanol–water partition coefficient (Wildman–Crippen LogP) is 2.82. The summed E-state index contributed by atoms with van der Waals surface area (Å²) >= 11 is 0. The van der Waals surface area contributed by atoms with Crippen molar-refractivity contribution in [3.05, 3.63) is 30.3 Å². The third-order valence-electron chi connectivity index (χ3n) is 1.34. The number of halogens is 3. The van der Waals surface area contributed by atoms with Gasteiger partial charge < -0.3 is 4.74 Å². The molecule has 13 heavy (non-hydrogen) atoms. The maximum atomic E-state index is 12.6. The molecule has 1 aromatic carbocycles. The summed E-state index contributed by atoms with van der Waals surface area (Å²) in [5, 5.41) is 0. The topological polar surface area (TPSA) is 9.23 Å². The lowest BCUT2D eigenvalue weighted by Crippen LogP contribution is -2.25. The number of hydrogen-bond acceptors (Lipinski definition) is 1. The minimum atomic E-state index is -3.43. The summed E-state index contributed by atoms with van der Waals surface area (Å²) < 4.78 is 41.1. The standard InChI is InChI=1S/C9H8F3O/c10-7-6-9(11,12)13-8-4-2-1-3-5-8/h2-5H,6-7H2. The minimum Gasteiger partial charge on any atom is -0.433 e. The van der Waals surface area contributed by atoms with Crippen molar-refractivity contribution in [3.63, 3.8) is 0 Å². The van der Waals surface area contributed by atoms with Crippen LogP contribution in [0.4, 0.5) is 13.2 Å². The number of rotatable bonds is 4. The Kier molecular flexibility index (Phi) is 3.17. The Hall–Kier alpha value is -1.19. The van der Waals surface area contributed by atoms with E-state index in [0.717, 1.165) is 0 Å². The van der Waals surface area contributed by atoms with Gasteiger partial charge in [-0.3, -0.25) is 4.39 Å². The van der Waals surface area contributed by atoms with E-state index in [1.54, 1.807) is 0 Å². The van der Waals surface area contributed by atoms with Gasteiger partial charge in [0.2, 0.25) is 0 Å². The van der Waals surface area contributed by atoms with Crippen molar-refractivity contribution in [2.75, 3.05) is 6.67 Å². The predicted molar refractivity (Wildman–Crippen MR) is 41.4 cm³/mol. The number of hydrogen-bond donors (Lipinski definition) is 0. The van der Waals surface area contributed by atoms with Gasteiger partial charge in [0.15, 0.2) is 0 Å². The fraction of sp³-hybridized carbons (Fsp3) is 0.333. The van der Waals surface area contributed by atoms with Gasteiger partial charge in [0.05, 0.1) is 13.1 Å². The number of benzene rings is 1. The molecule has 0 saturated heterocycles. The molecule has 0 fully saturated rings. The van der Waals surface area contributed by atoms with Gasteiger partial charge in [-0.2, -0.15) is 8.78 Å². The van der Waals surface area contributed by atoms with E-state index in [0.29, 0.717) is 0 Å². The van der Waals surface area contributed by atoms with E-state index in [4.69, 9.17) is 0 Å². The third-order valence-corrected chi connectivity index (χ3v) is 1.34. The molecule has 0 bridgehead atoms. The van der Waals surface area contributed by atoms with Gasteiger partial charge in [-0.25, -0.2) is 0 Å². The van der Waals surface area contributed by atoms with Crippen LogP contribution in [-0.2, 0) is 0 Å². The van der Waals surface area contributed by atoms with Gasteiger partial charge in [-0.05, 0) is 18.2 Å². The van der Waals surface area contributed by atoms with E-state index in [1.165, 1.54) is 24.3 Å². The summed E-state index contributed by atoms with van der Waals surface area (Å²) in [6, 6.07) is 8.22. The summed E-state index contributed by atoms with van der Waals surface area (Å²) in [6.45, 7) is -1.11. The lowest BCUT2D eigenvalue weighted by atomic mass is 10.3. The lowest BCUT2D eigenvalue weighted by molar-refractivity contribution is -0.182. The van der Waals surface area contributed by atoms with Crippen molar-refractivity contribution in [1.29, 1.82) is 0 Å². The highest BCUT2D eigenvalue weighted by Gasteiger charge is 2.30. The highest BCUT2D eigenvalue weighted by Crippen LogP contribution is 2.23. The molecule has 0 atom stereocenters. The zero-order valence-corrected chi connectivity index (χ0v) is 6.77. The quantitative estimate of drug-likeness (QED) is 0.707. The molecule has 0 aliphatic heterocycles. The van der Waals surface area contributed by atoms with Crippen LogP contribution < -0.4 is 4.74 Å². The Morgan fingerprint density at radius 1 is 1.31 bits per heavy atom. The normalized spacial score (nSPS) is 11.3. The van der Waals surface area contributed by atoms with Crippen LogP contribution >= 0.6 is 0 Å². The first-order chi connectivity index (χ1) is 6.14. The van der Waals surface area contributed by atoms with Crippen molar-refractivity contribution in [3.8, 4) is 5.75 Å². The van der Waals surface area contributed by atoms with Crippen molar-refractivity contribution in [2.45, 2.75) is 12.5 Å². The van der Waals surface area contributed by atoms with Gasteiger partial charge >= 0.3 is 6.11 Å². The second-order valence-electron chi connectivity index (χ2n) is 2.41. The Balaban J connectivity index is 2.58. The van der Waals surface area contributed by atoms with E-state index >= 15 is 0 Å². The zero-order valence-electron chi connectivity index (χ0n) is 6.77. The average molecular weight is 189 g/mol. The number of ether oxygens (including phenoxy) is 1. The molecule has 1 aromatic rings. The Morgan fingerprint density at radius 3 is 2.46 bits per heavy atom. The van der Waals surface area contributed by atoms with E-state index in [9.17, 15) is 13.2 Å². The van der Waals surface area contributed by atoms with Gasteiger partial charge in [-0.15, -0.1) is 0 Å². The molecule has 0 aliphatic carbocycles. The molecule has 0 unspecified atom stereocenters. The van der Waals surface area contributed by atoms with Crippen LogP contribution in [0.3, 0.4) is 0 Å². The molecular weight excluding hydrogens is 181 g/mol. The van der Waals surface area contributed by atoms with E-state index < -0.39 is 19.2 Å². The van der Waals surface area contributed by atoms with Gasteiger partial charge in [-0.1, -0.05) is 12.1 Å². The Morgan fingerprint density at radius 2 is 1.92 bits per heavy atom. The first-order valence-electron chi connectivity index (χ1n) is 3.73. The van der Waals surface area contributed by atoms with E-state index in [1.807, 2.05) is 0 Å². The minimum absolute atomic E-state index is 0.0113. The second-order valence-corrected chi connectivity index (χ2v) is 2.41. The summed E-state index contributed by atoms with van der Waals surface area (Å²) in [7, 11) is 0. The van der Waals surface area contributed by atoms with Gasteiger partial charge in [0, 0.05) is 0 Å². The first kappa shape index (κ1) is 9.89. The Labute approximate surface area is 74.1 Å². The van der Waals surface area contributed by atoms with Crippen LogP contribution in [0, 0.1) is 6.07 Å². The highest BCUT2D eigenvalue weighted by atomic mass is 19.3. The highest BCUT2D eigenvalue weighted by molar-refractivity contribution is 5.20. The molecule has 0 saturated carbocycles. The molecule has 71 valence electrons. The van der Waals surface area contributed by atoms with Crippen molar-refractivity contribution >= 4 is 0 Å². The van der Waals surface area contributed by atoms with Crippen molar-refractivity contribution < 1.29 is 17.9 Å². The van der Waals surface area contributed by atoms with E-state index in [-0.39, 0.29) is 5.75 Å². The molecule has 0 heterocycles. The summed E-state index contributed by atoms with van der Waals surface area (Å²) in [6.07, 6.45) is -4.36. The van der Waals surface area contributed by atoms with Crippen LogP contribution in [0.1, 0.15) is 6.42 Å². The average Bonchev–Trinajstić information content (AvgIpc) is 2.04. The van der Waals surface area contributed by atoms with Gasteiger partial charge in [0.25, 0.3) is 0 Å². The molecule has 0 N–H and O–H groups in total. The van der Waals surface area contributed by atoms with Crippen molar-refractivity contribution in [1.82, 2.24) is 0 Å². The molecule has 1 radical (unpaired) electrons. The maximum Gasteiger partial charge on any atom is 0.400 e. The van der Waals surface area contributed by atoms with E-state index in [2.05, 4.69) is 10.8 Å². The summed E-state index contributed by atoms with van der Waals surface area (Å²) in [5.74, 6) is 0.0113. The summed E-state index contributed by atoms with van der Waals surface area (Å²) in [4.78, 5) is 0. The largest absolute Gasteiger partial charge is 0.433 e. The molecule has 4 heteroatoms. The summed E-state index contributed by atoms with van der Waals surface area (Å²) in [5.41, 5.74) is 0. The van der Waals surface area contributed by atoms with Crippen molar-refractivity contribution in [2.24, 2.45) is 0 Å². The lowest BCUT2D eigenvalue weighted by Gasteiger charge is -2.15. The Bertz CT molecular complexity index is 248. The van der Waals surface area contributed by atoms with Crippen LogP contribution in [0.2, 0.25) is 0 Å². The van der Waals surface area contributed by atoms with Gasteiger partial charge in [0.1, 0.15) is 5.75 Å². The molecule has 0 amide bonds. The van der Waals surface area contributed by atoms with Crippen LogP contribution in [-0.4, -0.2) is 12.8 Å². The number of alkyl halides is 3. The van der Waals surface area contributed by atoms with Crippen LogP contribution in [0.25, 0.3) is 0 Å². The van der Waals surface area contributed by atoms with Crippen LogP contribution in [0.15, 0.2) is 24.3 Å². The van der Waals surface area contributed by atoms with Crippen LogP contribution in [0.5, 0.6) is 5.75 Å². The molecular formula is C9H8F3O. The SMILES string of the molecule is FCCC(F)(F)Oc1cc[c]cc1. The maximum absolute atomic E-state index is 12.6. The second kappa shape index (κ2) is 4.16. The fourth-order valence-corrected chi connectivity index (χ4v) is 0.773. The third kappa shape index (κ3) is 3.36. The molecule has 1 rings (SSSR count). The molecule has 0 aromatic heterocycles. The molecule has 0 spiro atoms. The first-order valence-corrected chi connectivity index (χ1v) is 3.73. The molecule has 0 aliphatic rings.